The van der Waals surface area contributed by atoms with E-state index in [0.29, 0.717) is 12.0 Å². The Morgan fingerprint density at radius 2 is 2.24 bits per heavy atom. The summed E-state index contributed by atoms with van der Waals surface area (Å²) in [6.45, 7) is 9.43. The normalized spacial score (nSPS) is 17.4. The van der Waals surface area contributed by atoms with E-state index in [9.17, 15) is 0 Å². The molecule has 0 aromatic carbocycles. The highest BCUT2D eigenvalue weighted by Gasteiger charge is 2.13. The van der Waals surface area contributed by atoms with Gasteiger partial charge in [0.1, 0.15) is 0 Å². The Morgan fingerprint density at radius 3 is 2.96 bits per heavy atom. The van der Waals surface area contributed by atoms with Crippen molar-refractivity contribution in [3.8, 4) is 0 Å². The second kappa shape index (κ2) is 12.3. The van der Waals surface area contributed by atoms with Crippen LogP contribution >= 0.6 is 11.3 Å². The maximum absolute atomic E-state index is 5.90. The molecule has 1 unspecified atom stereocenters. The maximum atomic E-state index is 5.90. The molecule has 0 aliphatic carbocycles. The van der Waals surface area contributed by atoms with E-state index in [1.807, 2.05) is 11.3 Å². The third kappa shape index (κ3) is 8.70. The zero-order valence-corrected chi connectivity index (χ0v) is 16.4. The number of nitrogens with zero attached hydrogens (tertiary/aromatic N) is 1. The van der Waals surface area contributed by atoms with E-state index < -0.39 is 0 Å². The molecule has 1 aromatic rings. The molecule has 2 rings (SSSR count). The van der Waals surface area contributed by atoms with E-state index in [1.165, 1.54) is 4.88 Å². The second-order valence-electron chi connectivity index (χ2n) is 6.57. The summed E-state index contributed by atoms with van der Waals surface area (Å²) in [5.41, 5.74) is 0. The second-order valence-corrected chi connectivity index (χ2v) is 7.60. The number of ether oxygens (including phenoxy) is 2. The molecule has 142 valence electrons. The molecule has 1 fully saturated rings. The third-order valence-corrected chi connectivity index (χ3v) is 5.07. The Morgan fingerprint density at radius 1 is 1.40 bits per heavy atom. The molecular formula is C19H33N3O2S. The van der Waals surface area contributed by atoms with Gasteiger partial charge in [0.05, 0.1) is 6.10 Å². The van der Waals surface area contributed by atoms with Gasteiger partial charge in [-0.2, -0.15) is 0 Å². The first kappa shape index (κ1) is 20.2. The molecule has 0 saturated carbocycles. The molecule has 0 bridgehead atoms. The Hall–Kier alpha value is -1.11. The lowest BCUT2D eigenvalue weighted by Gasteiger charge is -2.22. The Bertz CT molecular complexity index is 473. The van der Waals surface area contributed by atoms with Crippen LogP contribution in [0.3, 0.4) is 0 Å². The fourth-order valence-corrected chi connectivity index (χ4v) is 3.67. The summed E-state index contributed by atoms with van der Waals surface area (Å²) in [7, 11) is 0. The molecular weight excluding hydrogens is 334 g/mol. The van der Waals surface area contributed by atoms with Gasteiger partial charge in [-0.15, -0.1) is 11.3 Å². The predicted octanol–water partition coefficient (Wildman–Crippen LogP) is 3.07. The smallest absolute Gasteiger partial charge is 0.191 e. The summed E-state index contributed by atoms with van der Waals surface area (Å²) < 4.78 is 11.3. The van der Waals surface area contributed by atoms with Gasteiger partial charge in [0.15, 0.2) is 5.96 Å². The number of aliphatic imine (C=N–C) groups is 1. The first-order chi connectivity index (χ1) is 12.3. The lowest BCUT2D eigenvalue weighted by Crippen LogP contribution is -2.38. The standard InChI is InChI=1S/C19H33N3O2S/c1-3-20-19(22-15-16(2)14-18-6-4-13-25-18)21-9-5-10-24-17-7-11-23-12-8-17/h4,6,13,16-17H,3,5,7-12,14-15H2,1-2H3,(H2,20,21,22). The van der Waals surface area contributed by atoms with Crippen molar-refractivity contribution in [2.45, 2.75) is 45.6 Å². The topological polar surface area (TPSA) is 54.9 Å². The average Bonchev–Trinajstić information content (AvgIpc) is 3.13. The van der Waals surface area contributed by atoms with Crippen molar-refractivity contribution in [1.82, 2.24) is 10.6 Å². The van der Waals surface area contributed by atoms with E-state index in [0.717, 1.165) is 71.1 Å². The fraction of sp³-hybridized carbons (Fsp3) is 0.737. The van der Waals surface area contributed by atoms with Crippen molar-refractivity contribution in [2.75, 3.05) is 39.5 Å². The zero-order chi connectivity index (χ0) is 17.7. The van der Waals surface area contributed by atoms with Crippen molar-refractivity contribution in [2.24, 2.45) is 10.9 Å². The first-order valence-electron chi connectivity index (χ1n) is 9.51. The predicted molar refractivity (Wildman–Crippen MR) is 106 cm³/mol. The Balaban J connectivity index is 1.61. The van der Waals surface area contributed by atoms with Crippen LogP contribution in [-0.4, -0.2) is 51.5 Å². The SMILES string of the molecule is CCNC(=NCC(C)Cc1cccs1)NCCCOC1CCOCC1. The van der Waals surface area contributed by atoms with E-state index in [-0.39, 0.29) is 0 Å². The minimum Gasteiger partial charge on any atom is -0.381 e. The van der Waals surface area contributed by atoms with Crippen molar-refractivity contribution in [3.63, 3.8) is 0 Å². The summed E-state index contributed by atoms with van der Waals surface area (Å²) in [4.78, 5) is 6.16. The molecule has 1 atom stereocenters. The third-order valence-electron chi connectivity index (χ3n) is 4.17. The number of thiophene rings is 1. The van der Waals surface area contributed by atoms with Crippen LogP contribution in [0.1, 0.15) is 38.0 Å². The van der Waals surface area contributed by atoms with Gasteiger partial charge in [-0.05, 0) is 50.0 Å². The number of hydrogen-bond acceptors (Lipinski definition) is 4. The average molecular weight is 368 g/mol. The fourth-order valence-electron chi connectivity index (χ4n) is 2.80. The number of guanidine groups is 1. The Kier molecular flexibility index (Phi) is 9.92. The van der Waals surface area contributed by atoms with Gasteiger partial charge in [-0.25, -0.2) is 0 Å². The summed E-state index contributed by atoms with van der Waals surface area (Å²) in [5, 5.41) is 8.87. The Labute approximate surface area is 156 Å². The van der Waals surface area contributed by atoms with Gasteiger partial charge in [0.25, 0.3) is 0 Å². The van der Waals surface area contributed by atoms with Crippen LogP contribution in [0.2, 0.25) is 0 Å². The largest absolute Gasteiger partial charge is 0.381 e. The minimum atomic E-state index is 0.383. The molecule has 1 aliphatic heterocycles. The van der Waals surface area contributed by atoms with Crippen LogP contribution in [-0.2, 0) is 15.9 Å². The monoisotopic (exact) mass is 367 g/mol. The van der Waals surface area contributed by atoms with Gasteiger partial charge in [0, 0.05) is 44.3 Å². The van der Waals surface area contributed by atoms with Crippen molar-refractivity contribution >= 4 is 17.3 Å². The molecule has 25 heavy (non-hydrogen) atoms. The van der Waals surface area contributed by atoms with Gasteiger partial charge >= 0.3 is 0 Å². The van der Waals surface area contributed by atoms with Crippen LogP contribution < -0.4 is 10.6 Å². The minimum absolute atomic E-state index is 0.383. The highest BCUT2D eigenvalue weighted by atomic mass is 32.1. The first-order valence-corrected chi connectivity index (χ1v) is 10.4. The molecule has 1 aromatic heterocycles. The lowest BCUT2D eigenvalue weighted by molar-refractivity contribution is -0.0320. The molecule has 1 saturated heterocycles. The van der Waals surface area contributed by atoms with Gasteiger partial charge in [-0.1, -0.05) is 13.0 Å². The van der Waals surface area contributed by atoms with Crippen LogP contribution in [0.5, 0.6) is 0 Å². The van der Waals surface area contributed by atoms with Gasteiger partial charge < -0.3 is 20.1 Å². The van der Waals surface area contributed by atoms with E-state index in [4.69, 9.17) is 14.5 Å². The van der Waals surface area contributed by atoms with Crippen molar-refractivity contribution < 1.29 is 9.47 Å². The van der Waals surface area contributed by atoms with E-state index in [2.05, 4.69) is 42.0 Å². The highest BCUT2D eigenvalue weighted by molar-refractivity contribution is 7.09. The maximum Gasteiger partial charge on any atom is 0.191 e. The summed E-state index contributed by atoms with van der Waals surface area (Å²) >= 11 is 1.83. The molecule has 0 radical (unpaired) electrons. The van der Waals surface area contributed by atoms with Crippen LogP contribution in [0.15, 0.2) is 22.5 Å². The number of hydrogen-bond donors (Lipinski definition) is 2. The molecule has 2 N–H and O–H groups in total. The summed E-state index contributed by atoms with van der Waals surface area (Å²) in [6.07, 6.45) is 4.53. The number of rotatable bonds is 10. The molecule has 2 heterocycles. The summed E-state index contributed by atoms with van der Waals surface area (Å²) in [5.74, 6) is 1.46. The van der Waals surface area contributed by atoms with Gasteiger partial charge in [-0.3, -0.25) is 4.99 Å². The number of nitrogens with one attached hydrogen (secondary N) is 2. The highest BCUT2D eigenvalue weighted by Crippen LogP contribution is 2.14. The van der Waals surface area contributed by atoms with Crippen molar-refractivity contribution in [1.29, 1.82) is 0 Å². The van der Waals surface area contributed by atoms with Crippen LogP contribution in [0.25, 0.3) is 0 Å². The zero-order valence-electron chi connectivity index (χ0n) is 15.6. The molecule has 0 spiro atoms. The van der Waals surface area contributed by atoms with E-state index in [1.54, 1.807) is 0 Å². The molecule has 1 aliphatic rings. The molecule has 0 amide bonds. The lowest BCUT2D eigenvalue weighted by atomic mass is 10.1. The van der Waals surface area contributed by atoms with Crippen LogP contribution in [0, 0.1) is 5.92 Å². The van der Waals surface area contributed by atoms with E-state index >= 15 is 0 Å². The van der Waals surface area contributed by atoms with Gasteiger partial charge in [0.2, 0.25) is 0 Å². The van der Waals surface area contributed by atoms with Crippen molar-refractivity contribution in [3.05, 3.63) is 22.4 Å². The quantitative estimate of drug-likeness (QED) is 0.379. The summed E-state index contributed by atoms with van der Waals surface area (Å²) in [6, 6.07) is 4.32. The molecule has 6 heteroatoms. The van der Waals surface area contributed by atoms with Crippen LogP contribution in [0.4, 0.5) is 0 Å². The molecule has 5 nitrogen and oxygen atoms in total.